The number of hydrogen-bond acceptors (Lipinski definition) is 4. The molecule has 122 valence electrons. The normalized spacial score (nSPS) is 10.6. The minimum atomic E-state index is -0.242. The van der Waals surface area contributed by atoms with Gasteiger partial charge in [0.2, 0.25) is 5.95 Å². The summed E-state index contributed by atoms with van der Waals surface area (Å²) >= 11 is 5.84. The second kappa shape index (κ2) is 6.80. The van der Waals surface area contributed by atoms with Gasteiger partial charge in [0.05, 0.1) is 17.8 Å². The number of anilines is 1. The van der Waals surface area contributed by atoms with Crippen molar-refractivity contribution in [3.63, 3.8) is 0 Å². The molecule has 2 heterocycles. The van der Waals surface area contributed by atoms with Crippen molar-refractivity contribution in [2.24, 2.45) is 0 Å². The van der Waals surface area contributed by atoms with Crippen molar-refractivity contribution in [1.29, 1.82) is 0 Å². The largest absolute Gasteiger partial charge is 0.290 e. The number of rotatable bonds is 4. The fraction of sp³-hybridized carbons (Fsp3) is 0.176. The molecule has 1 aromatic carbocycles. The molecule has 1 N–H and O–H groups in total. The maximum Gasteiger partial charge on any atom is 0.258 e. The molecule has 0 unspecified atom stereocenters. The van der Waals surface area contributed by atoms with E-state index in [-0.39, 0.29) is 5.91 Å². The molecule has 0 bridgehead atoms. The van der Waals surface area contributed by atoms with Gasteiger partial charge >= 0.3 is 0 Å². The van der Waals surface area contributed by atoms with E-state index in [1.165, 1.54) is 0 Å². The van der Waals surface area contributed by atoms with Gasteiger partial charge in [0.25, 0.3) is 5.91 Å². The molecule has 0 spiro atoms. The van der Waals surface area contributed by atoms with E-state index in [9.17, 15) is 4.79 Å². The number of benzene rings is 1. The van der Waals surface area contributed by atoms with Gasteiger partial charge in [0.15, 0.2) is 0 Å². The van der Waals surface area contributed by atoms with Crippen LogP contribution >= 0.6 is 11.6 Å². The van der Waals surface area contributed by atoms with Crippen LogP contribution in [0.5, 0.6) is 0 Å². The highest BCUT2D eigenvalue weighted by Crippen LogP contribution is 2.11. The molecule has 0 aliphatic carbocycles. The van der Waals surface area contributed by atoms with E-state index in [1.807, 2.05) is 32.0 Å². The number of aryl methyl sites for hydroxylation is 2. The Kier molecular flexibility index (Phi) is 4.57. The highest BCUT2D eigenvalue weighted by atomic mass is 35.5. The van der Waals surface area contributed by atoms with Crippen molar-refractivity contribution in [2.45, 2.75) is 20.4 Å². The van der Waals surface area contributed by atoms with Crippen LogP contribution in [0.2, 0.25) is 5.02 Å². The first-order valence-electron chi connectivity index (χ1n) is 7.40. The second-order valence-corrected chi connectivity index (χ2v) is 5.92. The summed E-state index contributed by atoms with van der Waals surface area (Å²) in [4.78, 5) is 20.7. The van der Waals surface area contributed by atoms with Crippen molar-refractivity contribution >= 4 is 23.5 Å². The lowest BCUT2D eigenvalue weighted by Gasteiger charge is -2.07. The molecular weight excluding hydrogens is 326 g/mol. The van der Waals surface area contributed by atoms with Gasteiger partial charge in [-0.2, -0.15) is 5.10 Å². The van der Waals surface area contributed by atoms with Gasteiger partial charge in [-0.05, 0) is 37.6 Å². The molecule has 2 aromatic heterocycles. The summed E-state index contributed by atoms with van der Waals surface area (Å²) in [7, 11) is 0. The Hall–Kier alpha value is -2.73. The summed E-state index contributed by atoms with van der Waals surface area (Å²) in [6, 6.07) is 9.14. The third-order valence-corrected chi connectivity index (χ3v) is 3.57. The van der Waals surface area contributed by atoms with Crippen LogP contribution in [0.4, 0.5) is 5.95 Å². The molecular formula is C17H16ClN5O. The Morgan fingerprint density at radius 2 is 1.83 bits per heavy atom. The summed E-state index contributed by atoms with van der Waals surface area (Å²) in [5, 5.41) is 7.44. The monoisotopic (exact) mass is 341 g/mol. The number of carbonyl (C=O) groups is 1. The van der Waals surface area contributed by atoms with E-state index in [2.05, 4.69) is 20.4 Å². The summed E-state index contributed by atoms with van der Waals surface area (Å²) in [5.41, 5.74) is 3.19. The zero-order valence-electron chi connectivity index (χ0n) is 13.3. The van der Waals surface area contributed by atoms with Crippen LogP contribution in [0.3, 0.4) is 0 Å². The van der Waals surface area contributed by atoms with E-state index in [0.717, 1.165) is 17.0 Å². The molecule has 0 saturated carbocycles. The van der Waals surface area contributed by atoms with E-state index in [4.69, 9.17) is 11.6 Å². The molecule has 0 saturated heterocycles. The van der Waals surface area contributed by atoms with Crippen molar-refractivity contribution in [1.82, 2.24) is 19.7 Å². The summed E-state index contributed by atoms with van der Waals surface area (Å²) in [5.74, 6) is 0.0708. The van der Waals surface area contributed by atoms with Crippen LogP contribution in [-0.2, 0) is 6.54 Å². The standard InChI is InChI=1S/C17H16ClN5O/c1-11-7-12(2)21-17(20-11)22-16(24)14-5-3-13(4-6-14)9-23-10-15(18)8-19-23/h3-8,10H,9H2,1-2H3,(H,20,21,22,24). The van der Waals surface area contributed by atoms with Crippen LogP contribution in [0.25, 0.3) is 0 Å². The Bertz CT molecular complexity index is 853. The van der Waals surface area contributed by atoms with Crippen LogP contribution in [-0.4, -0.2) is 25.7 Å². The highest BCUT2D eigenvalue weighted by Gasteiger charge is 2.09. The third-order valence-electron chi connectivity index (χ3n) is 3.37. The van der Waals surface area contributed by atoms with Crippen molar-refractivity contribution < 1.29 is 4.79 Å². The topological polar surface area (TPSA) is 72.7 Å². The van der Waals surface area contributed by atoms with Gasteiger partial charge in [-0.15, -0.1) is 0 Å². The average Bonchev–Trinajstić information content (AvgIpc) is 2.92. The molecule has 0 fully saturated rings. The van der Waals surface area contributed by atoms with Crippen molar-refractivity contribution in [2.75, 3.05) is 5.32 Å². The van der Waals surface area contributed by atoms with Gasteiger partial charge < -0.3 is 0 Å². The predicted octanol–water partition coefficient (Wildman–Crippen LogP) is 3.24. The first-order chi connectivity index (χ1) is 11.5. The molecule has 0 atom stereocenters. The molecule has 0 aliphatic rings. The lowest BCUT2D eigenvalue weighted by Crippen LogP contribution is -2.15. The Balaban J connectivity index is 1.69. The third kappa shape index (κ3) is 3.97. The second-order valence-electron chi connectivity index (χ2n) is 5.48. The first-order valence-corrected chi connectivity index (χ1v) is 7.78. The van der Waals surface area contributed by atoms with E-state index >= 15 is 0 Å². The van der Waals surface area contributed by atoms with Crippen molar-refractivity contribution in [3.05, 3.63) is 70.3 Å². The molecule has 1 amide bonds. The fourth-order valence-corrected chi connectivity index (χ4v) is 2.49. The summed E-state index contributed by atoms with van der Waals surface area (Å²) < 4.78 is 1.74. The SMILES string of the molecule is Cc1cc(C)nc(NC(=O)c2ccc(Cn3cc(Cl)cn3)cc2)n1. The van der Waals surface area contributed by atoms with Crippen LogP contribution in [0, 0.1) is 13.8 Å². The average molecular weight is 342 g/mol. The van der Waals surface area contributed by atoms with E-state index < -0.39 is 0 Å². The van der Waals surface area contributed by atoms with Crippen LogP contribution in [0.15, 0.2) is 42.7 Å². The fourth-order valence-electron chi connectivity index (χ4n) is 2.33. The zero-order valence-corrected chi connectivity index (χ0v) is 14.1. The number of carbonyl (C=O) groups excluding carboxylic acids is 1. The number of nitrogens with zero attached hydrogens (tertiary/aromatic N) is 4. The van der Waals surface area contributed by atoms with Gasteiger partial charge in [0.1, 0.15) is 0 Å². The Morgan fingerprint density at radius 1 is 1.17 bits per heavy atom. The Labute approximate surface area is 144 Å². The molecule has 3 rings (SSSR count). The Morgan fingerprint density at radius 3 is 2.42 bits per heavy atom. The van der Waals surface area contributed by atoms with Gasteiger partial charge in [-0.1, -0.05) is 23.7 Å². The highest BCUT2D eigenvalue weighted by molar-refractivity contribution is 6.30. The summed E-state index contributed by atoms with van der Waals surface area (Å²) in [6.45, 7) is 4.32. The smallest absolute Gasteiger partial charge is 0.258 e. The number of aromatic nitrogens is 4. The molecule has 6 nitrogen and oxygen atoms in total. The van der Waals surface area contributed by atoms with Gasteiger partial charge in [-0.25, -0.2) is 9.97 Å². The predicted molar refractivity (Wildman–Crippen MR) is 92.2 cm³/mol. The lowest BCUT2D eigenvalue weighted by molar-refractivity contribution is 0.102. The maximum atomic E-state index is 12.3. The first kappa shape index (κ1) is 16.1. The number of halogens is 1. The summed E-state index contributed by atoms with van der Waals surface area (Å²) in [6.07, 6.45) is 3.34. The molecule has 0 aliphatic heterocycles. The lowest BCUT2D eigenvalue weighted by atomic mass is 10.1. The van der Waals surface area contributed by atoms with E-state index in [1.54, 1.807) is 29.2 Å². The zero-order chi connectivity index (χ0) is 17.1. The van der Waals surface area contributed by atoms with E-state index in [0.29, 0.717) is 23.1 Å². The van der Waals surface area contributed by atoms with Crippen LogP contribution < -0.4 is 5.32 Å². The number of hydrogen-bond donors (Lipinski definition) is 1. The van der Waals surface area contributed by atoms with Crippen molar-refractivity contribution in [3.8, 4) is 0 Å². The molecule has 3 aromatic rings. The number of nitrogens with one attached hydrogen (secondary N) is 1. The van der Waals surface area contributed by atoms with Gasteiger partial charge in [0, 0.05) is 23.1 Å². The molecule has 0 radical (unpaired) electrons. The van der Waals surface area contributed by atoms with Gasteiger partial charge in [-0.3, -0.25) is 14.8 Å². The molecule has 24 heavy (non-hydrogen) atoms. The quantitative estimate of drug-likeness (QED) is 0.790. The number of amides is 1. The van der Waals surface area contributed by atoms with Crippen LogP contribution in [0.1, 0.15) is 27.3 Å². The molecule has 7 heteroatoms. The minimum Gasteiger partial charge on any atom is -0.290 e. The maximum absolute atomic E-state index is 12.3. The minimum absolute atomic E-state index is 0.242.